The van der Waals surface area contributed by atoms with Crippen LogP contribution in [0.4, 0.5) is 0 Å². The molecule has 5 nitrogen and oxygen atoms in total. The van der Waals surface area contributed by atoms with Gasteiger partial charge in [-0.1, -0.05) is 33.1 Å². The minimum absolute atomic E-state index is 0.460. The zero-order chi connectivity index (χ0) is 14.7. The number of hydrogen-bond donors (Lipinski definition) is 1. The predicted molar refractivity (Wildman–Crippen MR) is 82.1 cm³/mol. The van der Waals surface area contributed by atoms with Crippen molar-refractivity contribution in [3.63, 3.8) is 0 Å². The van der Waals surface area contributed by atoms with E-state index in [4.69, 9.17) is 0 Å². The molecule has 0 bridgehead atoms. The summed E-state index contributed by atoms with van der Waals surface area (Å²) in [6, 6.07) is 0.997. The number of aromatic nitrogens is 4. The van der Waals surface area contributed by atoms with Gasteiger partial charge >= 0.3 is 0 Å². The molecule has 1 atom stereocenters. The third kappa shape index (κ3) is 3.28. The summed E-state index contributed by atoms with van der Waals surface area (Å²) in [5, 5.41) is 12.9. The molecule has 2 heterocycles. The van der Waals surface area contributed by atoms with Crippen LogP contribution in [0.3, 0.4) is 0 Å². The highest BCUT2D eigenvalue weighted by molar-refractivity contribution is 4.92. The van der Waals surface area contributed by atoms with Crippen molar-refractivity contribution in [2.45, 2.75) is 77.3 Å². The number of hydrogen-bond acceptors (Lipinski definition) is 3. The van der Waals surface area contributed by atoms with Gasteiger partial charge in [0, 0.05) is 5.92 Å². The van der Waals surface area contributed by atoms with E-state index in [1.165, 1.54) is 64.5 Å². The number of tetrazole rings is 1. The second-order valence-electron chi connectivity index (χ2n) is 7.21. The molecule has 0 unspecified atom stereocenters. The van der Waals surface area contributed by atoms with Crippen LogP contribution < -0.4 is 4.90 Å². The maximum absolute atomic E-state index is 4.47. The molecule has 0 spiro atoms. The molecule has 2 aliphatic rings. The summed E-state index contributed by atoms with van der Waals surface area (Å²) in [5.41, 5.74) is 0. The molecule has 21 heavy (non-hydrogen) atoms. The average Bonchev–Trinajstić information content (AvgIpc) is 2.98. The van der Waals surface area contributed by atoms with Gasteiger partial charge in [0.25, 0.3) is 0 Å². The third-order valence-electron chi connectivity index (χ3n) is 5.32. The smallest absolute Gasteiger partial charge is 0.209 e. The number of piperidine rings is 1. The Bertz CT molecular complexity index is 430. The molecule has 1 aromatic rings. The van der Waals surface area contributed by atoms with Gasteiger partial charge in [-0.25, -0.2) is 4.68 Å². The van der Waals surface area contributed by atoms with Crippen LogP contribution in [0, 0.1) is 5.92 Å². The Morgan fingerprint density at radius 1 is 1.00 bits per heavy atom. The lowest BCUT2D eigenvalue weighted by Gasteiger charge is -2.34. The average molecular weight is 292 g/mol. The molecular formula is C16H30N5+. The van der Waals surface area contributed by atoms with Crippen molar-refractivity contribution in [3.8, 4) is 0 Å². The van der Waals surface area contributed by atoms with Gasteiger partial charge in [0.15, 0.2) is 6.04 Å². The van der Waals surface area contributed by atoms with Crippen LogP contribution in [0.15, 0.2) is 0 Å². The largest absolute Gasteiger partial charge is 0.326 e. The number of nitrogens with zero attached hydrogens (tertiary/aromatic N) is 4. The van der Waals surface area contributed by atoms with E-state index in [2.05, 4.69) is 34.1 Å². The lowest BCUT2D eigenvalue weighted by Crippen LogP contribution is -3.13. The monoisotopic (exact) mass is 292 g/mol. The molecule has 1 aliphatic heterocycles. The summed E-state index contributed by atoms with van der Waals surface area (Å²) in [4.78, 5) is 1.70. The highest BCUT2D eigenvalue weighted by atomic mass is 15.6. The highest BCUT2D eigenvalue weighted by Gasteiger charge is 2.35. The Kier molecular flexibility index (Phi) is 4.88. The van der Waals surface area contributed by atoms with Crippen molar-refractivity contribution in [3.05, 3.63) is 5.82 Å². The Labute approximate surface area is 128 Å². The molecular weight excluding hydrogens is 262 g/mol. The van der Waals surface area contributed by atoms with E-state index in [0.717, 1.165) is 5.82 Å². The van der Waals surface area contributed by atoms with Gasteiger partial charge in [0.1, 0.15) is 0 Å². The Balaban J connectivity index is 1.83. The number of nitrogens with one attached hydrogen (secondary N) is 1. The summed E-state index contributed by atoms with van der Waals surface area (Å²) in [6.45, 7) is 7.21. The van der Waals surface area contributed by atoms with Crippen LogP contribution in [-0.2, 0) is 0 Å². The van der Waals surface area contributed by atoms with E-state index in [0.29, 0.717) is 18.0 Å². The van der Waals surface area contributed by atoms with E-state index >= 15 is 0 Å². The van der Waals surface area contributed by atoms with Gasteiger partial charge in [-0.05, 0) is 42.5 Å². The van der Waals surface area contributed by atoms with Crippen molar-refractivity contribution in [1.82, 2.24) is 20.2 Å². The van der Waals surface area contributed by atoms with Crippen molar-refractivity contribution >= 4 is 0 Å². The molecule has 0 amide bonds. The number of rotatable bonds is 4. The van der Waals surface area contributed by atoms with E-state index in [1.54, 1.807) is 4.90 Å². The molecule has 5 heteroatoms. The lowest BCUT2D eigenvalue weighted by atomic mass is 9.94. The SMILES string of the molecule is CC(C)[C@H](c1nnnn1C1CCCCC1)[NH+]1CCCCC1. The predicted octanol–water partition coefficient (Wildman–Crippen LogP) is 1.94. The quantitative estimate of drug-likeness (QED) is 0.922. The van der Waals surface area contributed by atoms with Crippen LogP contribution >= 0.6 is 0 Å². The third-order valence-corrected chi connectivity index (χ3v) is 5.32. The van der Waals surface area contributed by atoms with Crippen LogP contribution in [0.5, 0.6) is 0 Å². The first kappa shape index (κ1) is 14.9. The van der Waals surface area contributed by atoms with Gasteiger partial charge in [-0.15, -0.1) is 5.10 Å². The van der Waals surface area contributed by atoms with Crippen LogP contribution in [0.25, 0.3) is 0 Å². The first-order valence-electron chi connectivity index (χ1n) is 8.89. The zero-order valence-electron chi connectivity index (χ0n) is 13.6. The van der Waals surface area contributed by atoms with Crippen LogP contribution in [-0.4, -0.2) is 33.3 Å². The maximum Gasteiger partial charge on any atom is 0.209 e. The molecule has 1 saturated heterocycles. The molecule has 0 radical (unpaired) electrons. The normalized spacial score (nSPS) is 23.6. The molecule has 0 aromatic carbocycles. The first-order valence-corrected chi connectivity index (χ1v) is 8.89. The first-order chi connectivity index (χ1) is 10.3. The van der Waals surface area contributed by atoms with Crippen LogP contribution in [0.1, 0.15) is 83.1 Å². The highest BCUT2D eigenvalue weighted by Crippen LogP contribution is 2.30. The lowest BCUT2D eigenvalue weighted by molar-refractivity contribution is -0.940. The summed E-state index contributed by atoms with van der Waals surface area (Å²) in [6.07, 6.45) is 10.6. The van der Waals surface area contributed by atoms with E-state index in [9.17, 15) is 0 Å². The fourth-order valence-electron chi connectivity index (χ4n) is 4.26. The molecule has 2 fully saturated rings. The van der Waals surface area contributed by atoms with E-state index < -0.39 is 0 Å². The van der Waals surface area contributed by atoms with Crippen molar-refractivity contribution < 1.29 is 4.90 Å². The second-order valence-corrected chi connectivity index (χ2v) is 7.21. The van der Waals surface area contributed by atoms with Gasteiger partial charge in [0.2, 0.25) is 5.82 Å². The van der Waals surface area contributed by atoms with Gasteiger partial charge in [-0.2, -0.15) is 0 Å². The number of likely N-dealkylation sites (tertiary alicyclic amines) is 1. The Morgan fingerprint density at radius 2 is 1.67 bits per heavy atom. The minimum Gasteiger partial charge on any atom is -0.326 e. The molecule has 3 rings (SSSR count). The molecule has 1 aliphatic carbocycles. The fourth-order valence-corrected chi connectivity index (χ4v) is 4.26. The van der Waals surface area contributed by atoms with E-state index in [1.807, 2.05) is 0 Å². The standard InChI is InChI=1S/C16H29N5/c1-13(2)15(20-11-7-4-8-12-20)16-17-18-19-21(16)14-9-5-3-6-10-14/h13-15H,3-12H2,1-2H3/p+1/t15-/m1/s1. The summed E-state index contributed by atoms with van der Waals surface area (Å²) in [7, 11) is 0. The molecule has 1 N–H and O–H groups in total. The van der Waals surface area contributed by atoms with Crippen molar-refractivity contribution in [2.24, 2.45) is 5.92 Å². The summed E-state index contributed by atoms with van der Waals surface area (Å²) < 4.78 is 2.19. The fraction of sp³-hybridized carbons (Fsp3) is 0.938. The Morgan fingerprint density at radius 3 is 2.33 bits per heavy atom. The van der Waals surface area contributed by atoms with E-state index in [-0.39, 0.29) is 0 Å². The molecule has 1 aromatic heterocycles. The summed E-state index contributed by atoms with van der Waals surface area (Å²) in [5.74, 6) is 1.74. The van der Waals surface area contributed by atoms with Gasteiger partial charge in [0.05, 0.1) is 19.1 Å². The minimum atomic E-state index is 0.460. The Hall–Kier alpha value is -0.970. The second kappa shape index (κ2) is 6.86. The topological polar surface area (TPSA) is 48.0 Å². The van der Waals surface area contributed by atoms with Crippen molar-refractivity contribution in [2.75, 3.05) is 13.1 Å². The number of quaternary nitrogens is 1. The zero-order valence-corrected chi connectivity index (χ0v) is 13.6. The van der Waals surface area contributed by atoms with Crippen LogP contribution in [0.2, 0.25) is 0 Å². The maximum atomic E-state index is 4.47. The summed E-state index contributed by atoms with van der Waals surface area (Å²) >= 11 is 0. The van der Waals surface area contributed by atoms with Crippen molar-refractivity contribution in [1.29, 1.82) is 0 Å². The molecule has 1 saturated carbocycles. The molecule has 118 valence electrons. The van der Waals surface area contributed by atoms with Gasteiger partial charge in [-0.3, -0.25) is 0 Å². The van der Waals surface area contributed by atoms with Gasteiger partial charge < -0.3 is 4.90 Å².